The molecule has 1 N–H and O–H groups in total. The van der Waals surface area contributed by atoms with Crippen LogP contribution in [0.3, 0.4) is 0 Å². The highest BCUT2D eigenvalue weighted by molar-refractivity contribution is 5.87. The zero-order chi connectivity index (χ0) is 18.0. The van der Waals surface area contributed by atoms with E-state index >= 15 is 0 Å². The molecule has 4 fully saturated rings. The van der Waals surface area contributed by atoms with Crippen LogP contribution in [0.25, 0.3) is 10.8 Å². The molecule has 4 saturated carbocycles. The summed E-state index contributed by atoms with van der Waals surface area (Å²) in [5, 5.41) is 6.70. The van der Waals surface area contributed by atoms with Crippen molar-refractivity contribution in [2.24, 2.45) is 16.7 Å². The van der Waals surface area contributed by atoms with Gasteiger partial charge in [0.1, 0.15) is 5.75 Å². The summed E-state index contributed by atoms with van der Waals surface area (Å²) in [6.07, 6.45) is 8.38. The highest BCUT2D eigenvalue weighted by Crippen LogP contribution is 2.66. The molecular formula is C24H31NO. The summed E-state index contributed by atoms with van der Waals surface area (Å²) in [7, 11) is 1.79. The molecule has 0 amide bonds. The van der Waals surface area contributed by atoms with Gasteiger partial charge in [0.15, 0.2) is 0 Å². The van der Waals surface area contributed by atoms with Gasteiger partial charge in [-0.25, -0.2) is 0 Å². The zero-order valence-electron chi connectivity index (χ0n) is 16.4. The Hall–Kier alpha value is -1.54. The molecule has 4 aliphatic rings. The Kier molecular flexibility index (Phi) is 3.50. The Bertz CT molecular complexity index is 838. The van der Waals surface area contributed by atoms with Crippen LogP contribution < -0.4 is 10.1 Å². The van der Waals surface area contributed by atoms with E-state index in [9.17, 15) is 0 Å². The highest BCUT2D eigenvalue weighted by atomic mass is 16.5. The number of hydrogen-bond donors (Lipinski definition) is 1. The maximum absolute atomic E-state index is 5.72. The summed E-state index contributed by atoms with van der Waals surface area (Å²) >= 11 is 0. The van der Waals surface area contributed by atoms with E-state index in [4.69, 9.17) is 4.74 Å². The van der Waals surface area contributed by atoms with Gasteiger partial charge in [0, 0.05) is 17.6 Å². The molecule has 0 radical (unpaired) electrons. The average molecular weight is 350 g/mol. The topological polar surface area (TPSA) is 21.3 Å². The average Bonchev–Trinajstić information content (AvgIpc) is 2.56. The second kappa shape index (κ2) is 5.48. The van der Waals surface area contributed by atoms with Gasteiger partial charge in [0.05, 0.1) is 7.11 Å². The van der Waals surface area contributed by atoms with E-state index in [2.05, 4.69) is 55.6 Å². The molecule has 0 saturated heterocycles. The molecule has 0 heterocycles. The standard InChI is InChI=1S/C24H31NO/c1-22-10-17-11-23(2,14-22)16-24(12-17,15-22)25-13-20-19-7-5-4-6-18(19)8-9-21(20)26-3/h4-9,17,25H,10-16H2,1-3H3. The van der Waals surface area contributed by atoms with Crippen molar-refractivity contribution in [2.45, 2.75) is 64.5 Å². The smallest absolute Gasteiger partial charge is 0.123 e. The minimum atomic E-state index is 0.324. The summed E-state index contributed by atoms with van der Waals surface area (Å²) in [5.41, 5.74) is 2.73. The Morgan fingerprint density at radius 3 is 2.38 bits per heavy atom. The molecule has 6 rings (SSSR count). The van der Waals surface area contributed by atoms with E-state index in [1.165, 1.54) is 54.9 Å². The van der Waals surface area contributed by atoms with Crippen molar-refractivity contribution >= 4 is 10.8 Å². The molecule has 0 aromatic heterocycles. The van der Waals surface area contributed by atoms with Crippen LogP contribution in [0.4, 0.5) is 0 Å². The van der Waals surface area contributed by atoms with Gasteiger partial charge in [-0.3, -0.25) is 0 Å². The van der Waals surface area contributed by atoms with Crippen molar-refractivity contribution < 1.29 is 4.74 Å². The first-order chi connectivity index (χ1) is 12.4. The largest absolute Gasteiger partial charge is 0.496 e. The van der Waals surface area contributed by atoms with Crippen molar-refractivity contribution in [1.29, 1.82) is 0 Å². The molecule has 2 aromatic rings. The SMILES string of the molecule is COc1ccc2ccccc2c1CNC12CC3CC(C)(CC(C)(C3)C1)C2. The second-order valence-electron chi connectivity index (χ2n) is 10.2. The molecule has 26 heavy (non-hydrogen) atoms. The van der Waals surface area contributed by atoms with Crippen molar-refractivity contribution in [3.05, 3.63) is 42.0 Å². The van der Waals surface area contributed by atoms with Crippen LogP contribution in [-0.2, 0) is 6.54 Å². The van der Waals surface area contributed by atoms with E-state index in [-0.39, 0.29) is 0 Å². The van der Waals surface area contributed by atoms with Gasteiger partial charge < -0.3 is 10.1 Å². The predicted molar refractivity (Wildman–Crippen MR) is 107 cm³/mol. The molecule has 138 valence electrons. The number of rotatable bonds is 4. The number of nitrogens with one attached hydrogen (secondary N) is 1. The lowest BCUT2D eigenvalue weighted by molar-refractivity contribution is -0.118. The second-order valence-corrected chi connectivity index (χ2v) is 10.2. The van der Waals surface area contributed by atoms with Crippen LogP contribution >= 0.6 is 0 Å². The normalized spacial score (nSPS) is 38.0. The van der Waals surface area contributed by atoms with E-state index < -0.39 is 0 Å². The van der Waals surface area contributed by atoms with Gasteiger partial charge in [0.2, 0.25) is 0 Å². The molecule has 2 nitrogen and oxygen atoms in total. The third kappa shape index (κ3) is 2.57. The van der Waals surface area contributed by atoms with Crippen LogP contribution in [0.1, 0.15) is 57.9 Å². The van der Waals surface area contributed by atoms with Gasteiger partial charge >= 0.3 is 0 Å². The molecule has 4 bridgehead atoms. The minimum Gasteiger partial charge on any atom is -0.496 e. The minimum absolute atomic E-state index is 0.324. The van der Waals surface area contributed by atoms with Crippen LogP contribution in [0, 0.1) is 16.7 Å². The van der Waals surface area contributed by atoms with Gasteiger partial charge in [-0.05, 0) is 72.1 Å². The Labute approximate surface area is 157 Å². The number of methoxy groups -OCH3 is 1. The first kappa shape index (κ1) is 16.6. The van der Waals surface area contributed by atoms with Crippen LogP contribution in [0.15, 0.2) is 36.4 Å². The maximum Gasteiger partial charge on any atom is 0.123 e. The number of ether oxygens (including phenoxy) is 1. The molecule has 0 spiro atoms. The van der Waals surface area contributed by atoms with Crippen molar-refractivity contribution in [1.82, 2.24) is 5.32 Å². The van der Waals surface area contributed by atoms with E-state index in [1.807, 2.05) is 0 Å². The summed E-state index contributed by atoms with van der Waals surface area (Å²) < 4.78 is 5.72. The van der Waals surface area contributed by atoms with Crippen molar-refractivity contribution in [3.63, 3.8) is 0 Å². The quantitative estimate of drug-likeness (QED) is 0.766. The van der Waals surface area contributed by atoms with Gasteiger partial charge in [0.25, 0.3) is 0 Å². The van der Waals surface area contributed by atoms with E-state index in [0.717, 1.165) is 18.2 Å². The van der Waals surface area contributed by atoms with Crippen molar-refractivity contribution in [2.75, 3.05) is 7.11 Å². The Morgan fingerprint density at radius 1 is 0.962 bits per heavy atom. The fraction of sp³-hybridized carbons (Fsp3) is 0.583. The van der Waals surface area contributed by atoms with Gasteiger partial charge in [-0.15, -0.1) is 0 Å². The molecule has 2 aromatic carbocycles. The maximum atomic E-state index is 5.72. The molecule has 2 unspecified atom stereocenters. The Morgan fingerprint density at radius 2 is 1.69 bits per heavy atom. The number of hydrogen-bond acceptors (Lipinski definition) is 2. The Balaban J connectivity index is 1.48. The van der Waals surface area contributed by atoms with Gasteiger partial charge in [-0.1, -0.05) is 44.2 Å². The van der Waals surface area contributed by atoms with Crippen LogP contribution in [0.5, 0.6) is 5.75 Å². The lowest BCUT2D eigenvalue weighted by atomic mass is 9.43. The fourth-order valence-electron chi connectivity index (χ4n) is 7.61. The van der Waals surface area contributed by atoms with E-state index in [0.29, 0.717) is 16.4 Å². The summed E-state index contributed by atoms with van der Waals surface area (Å²) in [6.45, 7) is 6.00. The fourth-order valence-corrected chi connectivity index (χ4v) is 7.61. The monoisotopic (exact) mass is 349 g/mol. The lowest BCUT2D eigenvalue weighted by Gasteiger charge is -2.65. The third-order valence-electron chi connectivity index (χ3n) is 7.48. The first-order valence-electron chi connectivity index (χ1n) is 10.2. The van der Waals surface area contributed by atoms with Crippen LogP contribution in [0.2, 0.25) is 0 Å². The zero-order valence-corrected chi connectivity index (χ0v) is 16.4. The molecule has 0 aliphatic heterocycles. The summed E-state index contributed by atoms with van der Waals surface area (Å²) in [5.74, 6) is 1.93. The number of fused-ring (bicyclic) bond motifs is 1. The molecule has 4 aliphatic carbocycles. The molecule has 2 atom stereocenters. The first-order valence-corrected chi connectivity index (χ1v) is 10.2. The molecule has 2 heteroatoms. The highest BCUT2D eigenvalue weighted by Gasteiger charge is 2.59. The predicted octanol–water partition coefficient (Wildman–Crippen LogP) is 5.69. The summed E-state index contributed by atoms with van der Waals surface area (Å²) in [4.78, 5) is 0. The van der Waals surface area contributed by atoms with E-state index in [1.54, 1.807) is 7.11 Å². The molecular weight excluding hydrogens is 318 g/mol. The van der Waals surface area contributed by atoms with Gasteiger partial charge in [-0.2, -0.15) is 0 Å². The lowest BCUT2D eigenvalue weighted by Crippen LogP contribution is -2.63. The third-order valence-corrected chi connectivity index (χ3v) is 7.48. The number of benzene rings is 2. The van der Waals surface area contributed by atoms with Crippen LogP contribution in [-0.4, -0.2) is 12.6 Å². The van der Waals surface area contributed by atoms with Crippen molar-refractivity contribution in [3.8, 4) is 5.75 Å². The summed E-state index contributed by atoms with van der Waals surface area (Å²) in [6, 6.07) is 13.0.